The van der Waals surface area contributed by atoms with Crippen LogP contribution in [-0.2, 0) is 18.3 Å². The van der Waals surface area contributed by atoms with E-state index >= 15 is 0 Å². The molecule has 2 aliphatic rings. The standard InChI is InChI=1S/C30H39FN8O2/c1-20-13-24(29-34-35-36-37(29)3)16-27(14-20)32-30(41)33-28-10-12-39(21(2)40)19-25(28)18-38-11-4-5-23(17-38)15-22-6-8-26(31)9-7-22/h6-9,13-14,16,23,25,28H,4-5,10-12,15,17-19H2,1-3H3,(H2,32,33,41)/t23?,25-,28-/m1/s1. The minimum atomic E-state index is -0.267. The smallest absolute Gasteiger partial charge is 0.319 e. The fraction of sp³-hybridized carbons (Fsp3) is 0.500. The molecule has 2 saturated heterocycles. The first-order chi connectivity index (χ1) is 19.7. The van der Waals surface area contributed by atoms with Gasteiger partial charge in [0.15, 0.2) is 5.82 Å². The summed E-state index contributed by atoms with van der Waals surface area (Å²) in [6, 6.07) is 12.2. The summed E-state index contributed by atoms with van der Waals surface area (Å²) >= 11 is 0. The fourth-order valence-electron chi connectivity index (χ4n) is 6.26. The average Bonchev–Trinajstić information content (AvgIpc) is 3.36. The molecule has 0 radical (unpaired) electrons. The minimum absolute atomic E-state index is 0.0599. The second-order valence-electron chi connectivity index (χ2n) is 11.5. The monoisotopic (exact) mass is 562 g/mol. The number of hydrogen-bond donors (Lipinski definition) is 2. The number of rotatable bonds is 7. The molecular weight excluding hydrogens is 523 g/mol. The molecule has 3 atom stereocenters. The van der Waals surface area contributed by atoms with Gasteiger partial charge in [0.2, 0.25) is 5.91 Å². The Morgan fingerprint density at radius 1 is 1.07 bits per heavy atom. The number of hydrogen-bond acceptors (Lipinski definition) is 6. The van der Waals surface area contributed by atoms with Crippen LogP contribution < -0.4 is 10.6 Å². The lowest BCUT2D eigenvalue weighted by molar-refractivity contribution is -0.131. The highest BCUT2D eigenvalue weighted by molar-refractivity contribution is 5.90. The van der Waals surface area contributed by atoms with E-state index in [1.54, 1.807) is 18.7 Å². The molecule has 0 spiro atoms. The molecule has 218 valence electrons. The van der Waals surface area contributed by atoms with Gasteiger partial charge in [0, 0.05) is 63.4 Å². The van der Waals surface area contributed by atoms with E-state index in [9.17, 15) is 14.0 Å². The van der Waals surface area contributed by atoms with Crippen LogP contribution >= 0.6 is 0 Å². The Hall–Kier alpha value is -3.86. The van der Waals surface area contributed by atoms with Crippen LogP contribution in [0.1, 0.15) is 37.3 Å². The Balaban J connectivity index is 1.23. The van der Waals surface area contributed by atoms with Crippen molar-refractivity contribution in [2.24, 2.45) is 18.9 Å². The third-order valence-corrected chi connectivity index (χ3v) is 8.24. The maximum absolute atomic E-state index is 13.4. The number of benzene rings is 2. The van der Waals surface area contributed by atoms with Gasteiger partial charge in [0.05, 0.1) is 0 Å². The highest BCUT2D eigenvalue weighted by atomic mass is 19.1. The number of carbonyl (C=O) groups excluding carboxylic acids is 2. The quantitative estimate of drug-likeness (QED) is 0.455. The predicted molar refractivity (Wildman–Crippen MR) is 155 cm³/mol. The Labute approximate surface area is 240 Å². The molecule has 10 nitrogen and oxygen atoms in total. The van der Waals surface area contributed by atoms with Crippen LogP contribution in [-0.4, -0.2) is 80.7 Å². The topological polar surface area (TPSA) is 108 Å². The number of carbonyl (C=O) groups is 2. The summed E-state index contributed by atoms with van der Waals surface area (Å²) in [6.45, 7) is 7.58. The van der Waals surface area contributed by atoms with Crippen LogP contribution in [0.2, 0.25) is 0 Å². The van der Waals surface area contributed by atoms with Crippen LogP contribution in [0.5, 0.6) is 0 Å². The highest BCUT2D eigenvalue weighted by Crippen LogP contribution is 2.26. The predicted octanol–water partition coefficient (Wildman–Crippen LogP) is 3.64. The van der Waals surface area contributed by atoms with E-state index in [0.717, 1.165) is 55.6 Å². The van der Waals surface area contributed by atoms with E-state index < -0.39 is 0 Å². The molecule has 11 heteroatoms. The van der Waals surface area contributed by atoms with Crippen molar-refractivity contribution in [3.8, 4) is 11.4 Å². The molecular formula is C30H39FN8O2. The van der Waals surface area contributed by atoms with Gasteiger partial charge in [-0.05, 0) is 97.0 Å². The van der Waals surface area contributed by atoms with Gasteiger partial charge < -0.3 is 20.4 Å². The van der Waals surface area contributed by atoms with Gasteiger partial charge in [-0.3, -0.25) is 4.79 Å². The zero-order chi connectivity index (χ0) is 28.9. The number of aryl methyl sites for hydroxylation is 2. The van der Waals surface area contributed by atoms with Crippen molar-refractivity contribution < 1.29 is 14.0 Å². The molecule has 0 aliphatic carbocycles. The molecule has 1 unspecified atom stereocenters. The first kappa shape index (κ1) is 28.7. The fourth-order valence-corrected chi connectivity index (χ4v) is 6.26. The summed E-state index contributed by atoms with van der Waals surface area (Å²) in [5.74, 6) is 1.08. The summed E-state index contributed by atoms with van der Waals surface area (Å²) < 4.78 is 14.9. The first-order valence-electron chi connectivity index (χ1n) is 14.4. The second-order valence-corrected chi connectivity index (χ2v) is 11.5. The molecule has 3 amide bonds. The molecule has 2 fully saturated rings. The van der Waals surface area contributed by atoms with E-state index in [-0.39, 0.29) is 29.7 Å². The lowest BCUT2D eigenvalue weighted by Crippen LogP contribution is -2.56. The maximum atomic E-state index is 13.4. The third-order valence-electron chi connectivity index (χ3n) is 8.24. The van der Waals surface area contributed by atoms with Crippen LogP contribution in [0.4, 0.5) is 14.9 Å². The normalized spacial score (nSPS) is 21.5. The molecule has 2 aliphatic heterocycles. The van der Waals surface area contributed by atoms with Gasteiger partial charge in [-0.1, -0.05) is 12.1 Å². The summed E-state index contributed by atoms with van der Waals surface area (Å²) in [4.78, 5) is 29.8. The molecule has 2 aromatic carbocycles. The molecule has 41 heavy (non-hydrogen) atoms. The lowest BCUT2D eigenvalue weighted by Gasteiger charge is -2.42. The molecule has 5 rings (SSSR count). The maximum Gasteiger partial charge on any atom is 0.319 e. The Morgan fingerprint density at radius 3 is 2.61 bits per heavy atom. The summed E-state index contributed by atoms with van der Waals surface area (Å²) in [7, 11) is 1.78. The average molecular weight is 563 g/mol. The second kappa shape index (κ2) is 12.8. The Kier molecular flexibility index (Phi) is 8.92. The number of amides is 3. The first-order valence-corrected chi connectivity index (χ1v) is 14.4. The zero-order valence-corrected chi connectivity index (χ0v) is 24.0. The van der Waals surface area contributed by atoms with Crippen molar-refractivity contribution in [2.45, 2.75) is 45.6 Å². The largest absolute Gasteiger partial charge is 0.342 e. The van der Waals surface area contributed by atoms with Gasteiger partial charge in [-0.2, -0.15) is 0 Å². The highest BCUT2D eigenvalue weighted by Gasteiger charge is 2.34. The summed E-state index contributed by atoms with van der Waals surface area (Å²) in [6.07, 6.45) is 3.87. The van der Waals surface area contributed by atoms with E-state index in [2.05, 4.69) is 31.1 Å². The number of tetrazole rings is 1. The van der Waals surface area contributed by atoms with E-state index in [0.29, 0.717) is 36.9 Å². The van der Waals surface area contributed by atoms with Crippen molar-refractivity contribution in [3.05, 3.63) is 59.4 Å². The molecule has 2 N–H and O–H groups in total. The number of nitrogens with zero attached hydrogens (tertiary/aromatic N) is 6. The van der Waals surface area contributed by atoms with Crippen LogP contribution in [0.25, 0.3) is 11.4 Å². The summed E-state index contributed by atoms with van der Waals surface area (Å²) in [5.41, 5.74) is 3.62. The minimum Gasteiger partial charge on any atom is -0.342 e. The van der Waals surface area contributed by atoms with Gasteiger partial charge in [-0.15, -0.1) is 5.10 Å². The van der Waals surface area contributed by atoms with Gasteiger partial charge in [-0.25, -0.2) is 13.9 Å². The van der Waals surface area contributed by atoms with Crippen LogP contribution in [0.15, 0.2) is 42.5 Å². The van der Waals surface area contributed by atoms with E-state index in [1.807, 2.05) is 42.2 Å². The SMILES string of the molecule is CC(=O)N1CC[C@@H](NC(=O)Nc2cc(C)cc(-c3nnnn3C)c2)[C@H](CN2CCCC(Cc3ccc(F)cc3)C2)C1. The van der Waals surface area contributed by atoms with Crippen molar-refractivity contribution in [1.82, 2.24) is 35.3 Å². The van der Waals surface area contributed by atoms with Gasteiger partial charge >= 0.3 is 6.03 Å². The molecule has 3 aromatic rings. The number of halogens is 1. The number of anilines is 1. The van der Waals surface area contributed by atoms with E-state index in [1.165, 1.54) is 12.1 Å². The summed E-state index contributed by atoms with van der Waals surface area (Å²) in [5, 5.41) is 17.9. The van der Waals surface area contributed by atoms with Crippen molar-refractivity contribution in [2.75, 3.05) is 38.0 Å². The van der Waals surface area contributed by atoms with Crippen LogP contribution in [0, 0.1) is 24.6 Å². The Morgan fingerprint density at radius 2 is 1.88 bits per heavy atom. The lowest BCUT2D eigenvalue weighted by atomic mass is 9.88. The third kappa shape index (κ3) is 7.46. The number of likely N-dealkylation sites (tertiary alicyclic amines) is 2. The number of piperidine rings is 2. The zero-order valence-electron chi connectivity index (χ0n) is 24.0. The van der Waals surface area contributed by atoms with Crippen molar-refractivity contribution >= 4 is 17.6 Å². The Bertz CT molecular complexity index is 1360. The van der Waals surface area contributed by atoms with Gasteiger partial charge in [0.1, 0.15) is 5.82 Å². The molecule has 0 bridgehead atoms. The number of nitrogens with one attached hydrogen (secondary N) is 2. The number of aromatic nitrogens is 4. The molecule has 1 aromatic heterocycles. The van der Waals surface area contributed by atoms with Crippen LogP contribution in [0.3, 0.4) is 0 Å². The van der Waals surface area contributed by atoms with Gasteiger partial charge in [0.25, 0.3) is 0 Å². The van der Waals surface area contributed by atoms with E-state index in [4.69, 9.17) is 0 Å². The van der Waals surface area contributed by atoms with Crippen molar-refractivity contribution in [3.63, 3.8) is 0 Å². The molecule has 0 saturated carbocycles. The van der Waals surface area contributed by atoms with Crippen molar-refractivity contribution in [1.29, 1.82) is 0 Å². The number of urea groups is 1. The molecule has 3 heterocycles.